The molecule has 0 saturated heterocycles. The fourth-order valence-electron chi connectivity index (χ4n) is 1.53. The van der Waals surface area contributed by atoms with E-state index in [1.54, 1.807) is 12.1 Å². The van der Waals surface area contributed by atoms with E-state index in [0.29, 0.717) is 24.4 Å². The highest BCUT2D eigenvalue weighted by Crippen LogP contribution is 2.03. The molecule has 8 heteroatoms. The average molecular weight is 263 g/mol. The number of aromatic nitrogens is 5. The summed E-state index contributed by atoms with van der Waals surface area (Å²) < 4.78 is 1.33. The van der Waals surface area contributed by atoms with Crippen LogP contribution >= 0.6 is 0 Å². The normalized spacial score (nSPS) is 11.5. The number of hydrogen-bond acceptors (Lipinski definition) is 6. The van der Waals surface area contributed by atoms with Gasteiger partial charge in [-0.05, 0) is 43.3 Å². The Morgan fingerprint density at radius 1 is 1.37 bits per heavy atom. The second kappa shape index (κ2) is 5.17. The van der Waals surface area contributed by atoms with Gasteiger partial charge in [-0.1, -0.05) is 0 Å². The molecule has 0 atom stereocenters. The smallest absolute Gasteiger partial charge is 0.222 e. The first-order chi connectivity index (χ1) is 8.94. The Kier molecular flexibility index (Phi) is 3.59. The summed E-state index contributed by atoms with van der Waals surface area (Å²) in [6.45, 7) is 6.35. The number of tetrazole rings is 1. The zero-order chi connectivity index (χ0) is 13.9. The molecule has 2 aromatic heterocycles. The highest BCUT2D eigenvalue weighted by molar-refractivity contribution is 5.77. The van der Waals surface area contributed by atoms with Gasteiger partial charge in [0.1, 0.15) is 5.82 Å². The standard InChI is InChI=1S/C11H17N7O/c1-11(2,3)13-10(19)6-7-12-8-4-5-9-14-16-17-18(9)15-8/h4-5H,6-7H2,1-3H3,(H,12,15)(H,13,19). The van der Waals surface area contributed by atoms with E-state index in [9.17, 15) is 4.79 Å². The van der Waals surface area contributed by atoms with Gasteiger partial charge in [0, 0.05) is 18.5 Å². The van der Waals surface area contributed by atoms with Crippen LogP contribution in [-0.2, 0) is 4.79 Å². The Morgan fingerprint density at radius 2 is 2.16 bits per heavy atom. The zero-order valence-electron chi connectivity index (χ0n) is 11.2. The molecule has 2 aromatic rings. The molecule has 0 aliphatic heterocycles. The Bertz CT molecular complexity index is 572. The van der Waals surface area contributed by atoms with Crippen LogP contribution in [0.3, 0.4) is 0 Å². The SMILES string of the molecule is CC(C)(C)NC(=O)CCNc1ccc2nnnn2n1. The van der Waals surface area contributed by atoms with E-state index in [-0.39, 0.29) is 11.4 Å². The van der Waals surface area contributed by atoms with Gasteiger partial charge >= 0.3 is 0 Å². The van der Waals surface area contributed by atoms with Crippen molar-refractivity contribution in [1.82, 2.24) is 30.6 Å². The lowest BCUT2D eigenvalue weighted by molar-refractivity contribution is -0.122. The largest absolute Gasteiger partial charge is 0.368 e. The van der Waals surface area contributed by atoms with E-state index >= 15 is 0 Å². The van der Waals surface area contributed by atoms with E-state index in [1.165, 1.54) is 4.63 Å². The molecule has 0 aliphatic rings. The van der Waals surface area contributed by atoms with Crippen LogP contribution in [0.2, 0.25) is 0 Å². The second-order valence-corrected chi connectivity index (χ2v) is 5.22. The number of amides is 1. The van der Waals surface area contributed by atoms with Crippen molar-refractivity contribution in [3.05, 3.63) is 12.1 Å². The monoisotopic (exact) mass is 263 g/mol. The Hall–Kier alpha value is -2.25. The number of hydrogen-bond donors (Lipinski definition) is 2. The zero-order valence-corrected chi connectivity index (χ0v) is 11.2. The van der Waals surface area contributed by atoms with Crippen molar-refractivity contribution in [2.75, 3.05) is 11.9 Å². The molecule has 102 valence electrons. The van der Waals surface area contributed by atoms with Crippen LogP contribution in [0.4, 0.5) is 5.82 Å². The molecule has 0 spiro atoms. The number of nitrogens with zero attached hydrogens (tertiary/aromatic N) is 5. The third-order valence-electron chi connectivity index (χ3n) is 2.24. The summed E-state index contributed by atoms with van der Waals surface area (Å²) in [7, 11) is 0. The van der Waals surface area contributed by atoms with Crippen molar-refractivity contribution < 1.29 is 4.79 Å². The highest BCUT2D eigenvalue weighted by atomic mass is 16.1. The first kappa shape index (κ1) is 13.2. The molecule has 0 fully saturated rings. The average Bonchev–Trinajstić information content (AvgIpc) is 2.73. The number of rotatable bonds is 4. The van der Waals surface area contributed by atoms with Crippen LogP contribution in [0, 0.1) is 0 Å². The predicted molar refractivity (Wildman–Crippen MR) is 69.6 cm³/mol. The van der Waals surface area contributed by atoms with Crippen molar-refractivity contribution in [2.24, 2.45) is 0 Å². The number of nitrogens with one attached hydrogen (secondary N) is 2. The van der Waals surface area contributed by atoms with Crippen molar-refractivity contribution in [3.8, 4) is 0 Å². The summed E-state index contributed by atoms with van der Waals surface area (Å²) >= 11 is 0. The summed E-state index contributed by atoms with van der Waals surface area (Å²) in [4.78, 5) is 11.6. The first-order valence-corrected chi connectivity index (χ1v) is 6.04. The van der Waals surface area contributed by atoms with E-state index < -0.39 is 0 Å². The Labute approximate surface area is 110 Å². The summed E-state index contributed by atoms with van der Waals surface area (Å²) in [6, 6.07) is 3.53. The highest BCUT2D eigenvalue weighted by Gasteiger charge is 2.13. The maximum Gasteiger partial charge on any atom is 0.222 e. The Morgan fingerprint density at radius 3 is 2.89 bits per heavy atom. The molecular formula is C11H17N7O. The van der Waals surface area contributed by atoms with Crippen LogP contribution in [0.1, 0.15) is 27.2 Å². The minimum absolute atomic E-state index is 0.00324. The number of carbonyl (C=O) groups excluding carboxylic acids is 1. The minimum Gasteiger partial charge on any atom is -0.368 e. The first-order valence-electron chi connectivity index (χ1n) is 6.04. The molecule has 2 rings (SSSR count). The molecule has 0 aliphatic carbocycles. The predicted octanol–water partition coefficient (Wildman–Crippen LogP) is 0.236. The molecule has 1 amide bonds. The van der Waals surface area contributed by atoms with Crippen LogP contribution in [0.25, 0.3) is 5.65 Å². The fourth-order valence-corrected chi connectivity index (χ4v) is 1.53. The number of carbonyl (C=O) groups is 1. The minimum atomic E-state index is -0.208. The van der Waals surface area contributed by atoms with Gasteiger partial charge in [0.25, 0.3) is 0 Å². The summed E-state index contributed by atoms with van der Waals surface area (Å²) in [5.41, 5.74) is 0.372. The maximum absolute atomic E-state index is 11.6. The number of anilines is 1. The molecule has 0 bridgehead atoms. The molecule has 8 nitrogen and oxygen atoms in total. The van der Waals surface area contributed by atoms with Crippen molar-refractivity contribution in [3.63, 3.8) is 0 Å². The molecular weight excluding hydrogens is 246 g/mol. The summed E-state index contributed by atoms with van der Waals surface area (Å²) in [5.74, 6) is 0.631. The number of fused-ring (bicyclic) bond motifs is 1. The van der Waals surface area contributed by atoms with Crippen molar-refractivity contribution in [2.45, 2.75) is 32.7 Å². The van der Waals surface area contributed by atoms with Gasteiger partial charge in [0.15, 0.2) is 5.65 Å². The van der Waals surface area contributed by atoms with Gasteiger partial charge in [-0.3, -0.25) is 4.79 Å². The molecule has 19 heavy (non-hydrogen) atoms. The quantitative estimate of drug-likeness (QED) is 0.820. The Balaban J connectivity index is 1.83. The molecule has 0 aromatic carbocycles. The maximum atomic E-state index is 11.6. The topological polar surface area (TPSA) is 97.1 Å². The third kappa shape index (κ3) is 3.87. The van der Waals surface area contributed by atoms with Crippen molar-refractivity contribution in [1.29, 1.82) is 0 Å². The van der Waals surface area contributed by atoms with Gasteiger partial charge in [-0.15, -0.1) is 14.8 Å². The van der Waals surface area contributed by atoms with E-state index in [0.717, 1.165) is 0 Å². The van der Waals surface area contributed by atoms with Gasteiger partial charge in [-0.2, -0.15) is 0 Å². The van der Waals surface area contributed by atoms with Crippen molar-refractivity contribution >= 4 is 17.4 Å². The molecule has 0 saturated carbocycles. The molecule has 2 heterocycles. The van der Waals surface area contributed by atoms with Gasteiger partial charge < -0.3 is 10.6 Å². The van der Waals surface area contributed by atoms with Gasteiger partial charge in [-0.25, -0.2) is 0 Å². The summed E-state index contributed by atoms with van der Waals surface area (Å²) in [6.07, 6.45) is 0.382. The second-order valence-electron chi connectivity index (χ2n) is 5.22. The molecule has 2 N–H and O–H groups in total. The van der Waals surface area contributed by atoms with Crippen LogP contribution in [-0.4, -0.2) is 43.2 Å². The van der Waals surface area contributed by atoms with Gasteiger partial charge in [0.05, 0.1) is 0 Å². The third-order valence-corrected chi connectivity index (χ3v) is 2.24. The van der Waals surface area contributed by atoms with E-state index in [1.807, 2.05) is 20.8 Å². The van der Waals surface area contributed by atoms with Crippen LogP contribution in [0.5, 0.6) is 0 Å². The van der Waals surface area contributed by atoms with Gasteiger partial charge in [0.2, 0.25) is 5.91 Å². The lowest BCUT2D eigenvalue weighted by atomic mass is 10.1. The molecule has 0 radical (unpaired) electrons. The van der Waals surface area contributed by atoms with Crippen LogP contribution in [0.15, 0.2) is 12.1 Å². The fraction of sp³-hybridized carbons (Fsp3) is 0.545. The van der Waals surface area contributed by atoms with E-state index in [4.69, 9.17) is 0 Å². The lowest BCUT2D eigenvalue weighted by Gasteiger charge is -2.20. The van der Waals surface area contributed by atoms with E-state index in [2.05, 4.69) is 31.3 Å². The lowest BCUT2D eigenvalue weighted by Crippen LogP contribution is -2.41. The summed E-state index contributed by atoms with van der Waals surface area (Å²) in [5, 5.41) is 21.0. The van der Waals surface area contributed by atoms with Crippen LogP contribution < -0.4 is 10.6 Å². The molecule has 0 unspecified atom stereocenters.